The molecule has 1 rings (SSSR count). The topological polar surface area (TPSA) is 256 Å². The molecule has 0 bridgehead atoms. The van der Waals surface area contributed by atoms with Gasteiger partial charge in [-0.05, 0) is 25.0 Å². The van der Waals surface area contributed by atoms with E-state index in [0.29, 0.717) is 12.8 Å². The molecule has 0 aromatic rings. The third-order valence-corrected chi connectivity index (χ3v) is 11.3. The molecule has 1 aliphatic carbocycles. The summed E-state index contributed by atoms with van der Waals surface area (Å²) in [6, 6.07) is 0. The van der Waals surface area contributed by atoms with Crippen molar-refractivity contribution in [1.29, 1.82) is 0 Å². The summed E-state index contributed by atoms with van der Waals surface area (Å²) in [7, 11) is -10.6. The third-order valence-electron chi connectivity index (χ3n) is 9.49. The maximum atomic E-state index is 12.9. The number of aliphatic hydroxyl groups is 4. The van der Waals surface area contributed by atoms with Crippen molar-refractivity contribution in [3.63, 3.8) is 0 Å². The number of rotatable bonds is 34. The Labute approximate surface area is 332 Å². The molecule has 0 spiro atoms. The molecule has 326 valence electrons. The van der Waals surface area contributed by atoms with Crippen LogP contribution in [0, 0.1) is 0 Å². The van der Waals surface area contributed by atoms with E-state index in [1.807, 2.05) is 0 Å². The van der Waals surface area contributed by atoms with Crippen molar-refractivity contribution in [3.05, 3.63) is 0 Å². The van der Waals surface area contributed by atoms with Gasteiger partial charge in [0, 0.05) is 12.8 Å². The zero-order valence-electron chi connectivity index (χ0n) is 32.6. The van der Waals surface area contributed by atoms with Gasteiger partial charge in [-0.25, -0.2) is 9.13 Å². The van der Waals surface area contributed by atoms with Crippen molar-refractivity contribution in [3.8, 4) is 0 Å². The molecule has 7 N–H and O–H groups in total. The van der Waals surface area contributed by atoms with Gasteiger partial charge in [0.05, 0.1) is 6.61 Å². The molecular weight excluding hydrogens is 782 g/mol. The summed E-state index contributed by atoms with van der Waals surface area (Å²) in [5, 5.41) is 41.2. The summed E-state index contributed by atoms with van der Waals surface area (Å²) in [5.74, 6) is -0.317. The fraction of sp³-hybridized carbons (Fsp3) is 0.944. The van der Waals surface area contributed by atoms with Crippen LogP contribution in [0.5, 0.6) is 0 Å². The SMILES string of the molecule is CCCCCCCCCCCCCCCC(=O)O[C@H](COC(=O)CCCCCCCCCCS)COP(=O)(O)OC1C(O)[C@H](O)C(OP(=O)(O)O)[C@H](O)[C@@H]1O. The number of esters is 2. The van der Waals surface area contributed by atoms with Gasteiger partial charge in [0.15, 0.2) is 6.10 Å². The Hall–Kier alpha value is -0.650. The van der Waals surface area contributed by atoms with Crippen LogP contribution < -0.4 is 0 Å². The van der Waals surface area contributed by atoms with Crippen LogP contribution in [0.3, 0.4) is 0 Å². The number of hydrogen-bond acceptors (Lipinski definition) is 14. The Morgan fingerprint density at radius 2 is 0.945 bits per heavy atom. The molecule has 1 aliphatic rings. The molecule has 8 atom stereocenters. The molecule has 0 aromatic carbocycles. The van der Waals surface area contributed by atoms with Crippen molar-refractivity contribution in [1.82, 2.24) is 0 Å². The number of ether oxygens (including phenoxy) is 2. The Kier molecular flexibility index (Phi) is 28.9. The maximum Gasteiger partial charge on any atom is 0.472 e. The Morgan fingerprint density at radius 3 is 1.36 bits per heavy atom. The van der Waals surface area contributed by atoms with Crippen molar-refractivity contribution in [2.45, 2.75) is 197 Å². The predicted molar refractivity (Wildman–Crippen MR) is 208 cm³/mol. The first-order valence-corrected chi connectivity index (χ1v) is 23.9. The van der Waals surface area contributed by atoms with Crippen LogP contribution in [-0.2, 0) is 41.8 Å². The highest BCUT2D eigenvalue weighted by Gasteiger charge is 2.54. The second kappa shape index (κ2) is 30.4. The second-order valence-electron chi connectivity index (χ2n) is 14.4. The second-order valence-corrected chi connectivity index (χ2v) is 17.5. The zero-order chi connectivity index (χ0) is 41.1. The highest BCUT2D eigenvalue weighted by Crippen LogP contribution is 2.48. The number of hydrogen-bond donors (Lipinski definition) is 8. The third kappa shape index (κ3) is 25.4. The smallest absolute Gasteiger partial charge is 0.462 e. The lowest BCUT2D eigenvalue weighted by atomic mass is 9.85. The number of unbranched alkanes of at least 4 members (excludes halogenated alkanes) is 19. The van der Waals surface area contributed by atoms with Crippen LogP contribution in [0.4, 0.5) is 0 Å². The number of thiol groups is 1. The summed E-state index contributed by atoms with van der Waals surface area (Å²) in [6.45, 7) is 0.899. The van der Waals surface area contributed by atoms with E-state index in [1.165, 1.54) is 51.4 Å². The van der Waals surface area contributed by atoms with E-state index >= 15 is 0 Å². The van der Waals surface area contributed by atoms with Crippen molar-refractivity contribution >= 4 is 40.2 Å². The summed E-state index contributed by atoms with van der Waals surface area (Å²) >= 11 is 4.21. The van der Waals surface area contributed by atoms with Gasteiger partial charge in [-0.2, -0.15) is 12.6 Å². The molecule has 0 amide bonds. The van der Waals surface area contributed by atoms with Gasteiger partial charge in [0.25, 0.3) is 0 Å². The van der Waals surface area contributed by atoms with Crippen LogP contribution in [-0.4, -0.2) is 109 Å². The predicted octanol–water partition coefficient (Wildman–Crippen LogP) is 5.80. The normalized spacial score (nSPS) is 23.3. The average Bonchev–Trinajstić information content (AvgIpc) is 3.13. The first-order chi connectivity index (χ1) is 26.1. The molecular formula is C36H70O16P2S. The Morgan fingerprint density at radius 1 is 0.564 bits per heavy atom. The summed E-state index contributed by atoms with van der Waals surface area (Å²) < 4.78 is 48.8. The standard InChI is InChI=1S/C36H70O16P2S/c1-2-3-4-5-6-7-8-9-10-11-15-18-21-24-30(38)50-28(26-48-29(37)23-20-17-14-12-13-16-19-22-25-55)27-49-54(46,47)52-36-33(41)31(39)35(32(40)34(36)42)51-53(43,44)45/h28,31-36,39-42,55H,2-27H2,1H3,(H,46,47)(H2,43,44,45)/t28-,31-,32+,33+,34?,35?,36?/m1/s1. The van der Waals surface area contributed by atoms with Gasteiger partial charge in [-0.3, -0.25) is 23.2 Å². The average molecular weight is 853 g/mol. The first kappa shape index (κ1) is 52.4. The molecule has 19 heteroatoms. The van der Waals surface area contributed by atoms with Crippen molar-refractivity contribution in [2.24, 2.45) is 0 Å². The van der Waals surface area contributed by atoms with E-state index in [9.17, 15) is 44.0 Å². The number of phosphoric ester groups is 2. The molecule has 0 aromatic heterocycles. The van der Waals surface area contributed by atoms with Crippen molar-refractivity contribution < 1.29 is 76.9 Å². The van der Waals surface area contributed by atoms with Crippen molar-refractivity contribution in [2.75, 3.05) is 19.0 Å². The van der Waals surface area contributed by atoms with Crippen LogP contribution in [0.15, 0.2) is 0 Å². The highest BCUT2D eigenvalue weighted by atomic mass is 32.1. The minimum atomic E-state index is -5.30. The monoisotopic (exact) mass is 852 g/mol. The van der Waals surface area contributed by atoms with E-state index in [2.05, 4.69) is 24.1 Å². The molecule has 0 heterocycles. The summed E-state index contributed by atoms with van der Waals surface area (Å²) in [6.07, 6.45) is 8.05. The van der Waals surface area contributed by atoms with Gasteiger partial charge in [-0.15, -0.1) is 0 Å². The Bertz CT molecular complexity index is 1100. The van der Waals surface area contributed by atoms with Crippen LogP contribution in [0.25, 0.3) is 0 Å². The Balaban J connectivity index is 2.64. The molecule has 1 saturated carbocycles. The molecule has 0 aliphatic heterocycles. The molecule has 4 unspecified atom stereocenters. The van der Waals surface area contributed by atoms with Crippen LogP contribution >= 0.6 is 28.3 Å². The molecule has 0 radical (unpaired) electrons. The van der Waals surface area contributed by atoms with Crippen LogP contribution in [0.2, 0.25) is 0 Å². The summed E-state index contributed by atoms with van der Waals surface area (Å²) in [4.78, 5) is 53.6. The number of aliphatic hydroxyl groups excluding tert-OH is 4. The maximum absolute atomic E-state index is 12.9. The van der Waals surface area contributed by atoms with E-state index in [1.54, 1.807) is 0 Å². The highest BCUT2D eigenvalue weighted by molar-refractivity contribution is 7.80. The largest absolute Gasteiger partial charge is 0.472 e. The molecule has 1 fully saturated rings. The van der Waals surface area contributed by atoms with Gasteiger partial charge in [-0.1, -0.05) is 122 Å². The zero-order valence-corrected chi connectivity index (χ0v) is 35.3. The van der Waals surface area contributed by atoms with E-state index in [4.69, 9.17) is 28.3 Å². The van der Waals surface area contributed by atoms with Crippen LogP contribution in [0.1, 0.15) is 155 Å². The molecule has 55 heavy (non-hydrogen) atoms. The lowest BCUT2D eigenvalue weighted by Gasteiger charge is -2.43. The van der Waals surface area contributed by atoms with Gasteiger partial charge in [0.2, 0.25) is 0 Å². The van der Waals surface area contributed by atoms with E-state index in [-0.39, 0.29) is 12.8 Å². The first-order valence-electron chi connectivity index (χ1n) is 20.2. The molecule has 16 nitrogen and oxygen atoms in total. The lowest BCUT2D eigenvalue weighted by molar-refractivity contribution is -0.216. The van der Waals surface area contributed by atoms with E-state index in [0.717, 1.165) is 76.4 Å². The van der Waals surface area contributed by atoms with Gasteiger partial charge >= 0.3 is 27.6 Å². The van der Waals surface area contributed by atoms with Gasteiger partial charge in [0.1, 0.15) is 43.2 Å². The fourth-order valence-electron chi connectivity index (χ4n) is 6.30. The lowest BCUT2D eigenvalue weighted by Crippen LogP contribution is -2.64. The van der Waals surface area contributed by atoms with Gasteiger partial charge < -0.3 is 44.6 Å². The quantitative estimate of drug-likeness (QED) is 0.0165. The minimum Gasteiger partial charge on any atom is -0.462 e. The number of phosphoric acid groups is 2. The number of carbonyl (C=O) groups excluding carboxylic acids is 2. The summed E-state index contributed by atoms with van der Waals surface area (Å²) in [5.41, 5.74) is 0. The minimum absolute atomic E-state index is 0.0538. The fourth-order valence-corrected chi connectivity index (χ4v) is 8.06. The molecule has 0 saturated heterocycles. The van der Waals surface area contributed by atoms with E-state index < -0.39 is 83.5 Å². The number of carbonyl (C=O) groups is 2.